The standard InChI is InChI=1S/C27H35N3O14/c1-39-14-9-13(17(31)23(41-3)19(14)33)25(38)42-10-16-18(32)20(34)21(35)26(43-16)44-22-11(5-4-6-30-27(28)29)7-12(24(36)37)8-15(22)40-2/h7-9,16,18,20-21,26,31-35H,4-6,10H2,1-3H3,(H,36,37)(H4,28,29,30). The summed E-state index contributed by atoms with van der Waals surface area (Å²) < 4.78 is 31.9. The molecule has 2 aromatic carbocycles. The number of guanidine groups is 1. The Balaban J connectivity index is 1.85. The van der Waals surface area contributed by atoms with Crippen LogP contribution in [0.5, 0.6) is 34.5 Å². The van der Waals surface area contributed by atoms with Gasteiger partial charge in [0.25, 0.3) is 0 Å². The number of carboxylic acid groups (broad SMARTS) is 1. The van der Waals surface area contributed by atoms with Gasteiger partial charge in [0.1, 0.15) is 36.6 Å². The predicted molar refractivity (Wildman–Crippen MR) is 149 cm³/mol. The van der Waals surface area contributed by atoms with Crippen molar-refractivity contribution in [3.63, 3.8) is 0 Å². The number of benzene rings is 2. The van der Waals surface area contributed by atoms with E-state index in [1.165, 1.54) is 26.4 Å². The van der Waals surface area contributed by atoms with Crippen LogP contribution in [0, 0.1) is 0 Å². The number of aliphatic hydroxyl groups excluding tert-OH is 3. The number of aryl methyl sites for hydroxylation is 1. The molecule has 0 spiro atoms. The average Bonchev–Trinajstić information content (AvgIpc) is 2.99. The van der Waals surface area contributed by atoms with E-state index in [4.69, 9.17) is 39.9 Å². The first kappa shape index (κ1) is 33.8. The second kappa shape index (κ2) is 14.6. The van der Waals surface area contributed by atoms with Gasteiger partial charge in [0.05, 0.1) is 26.9 Å². The maximum atomic E-state index is 12.8. The summed E-state index contributed by atoms with van der Waals surface area (Å²) in [6.07, 6.45) is -7.99. The molecule has 10 N–H and O–H groups in total. The zero-order valence-corrected chi connectivity index (χ0v) is 24.0. The number of rotatable bonds is 13. The average molecular weight is 626 g/mol. The van der Waals surface area contributed by atoms with E-state index in [0.29, 0.717) is 12.0 Å². The molecule has 3 rings (SSSR count). The fourth-order valence-corrected chi connectivity index (χ4v) is 4.35. The Kier molecular flexibility index (Phi) is 11.2. The molecular formula is C27H35N3O14. The van der Waals surface area contributed by atoms with Crippen molar-refractivity contribution < 1.29 is 68.6 Å². The number of aromatic carboxylic acids is 1. The molecule has 1 saturated heterocycles. The van der Waals surface area contributed by atoms with E-state index in [9.17, 15) is 40.2 Å². The molecule has 17 nitrogen and oxygen atoms in total. The number of nitrogens with zero attached hydrogens (tertiary/aromatic N) is 1. The number of aliphatic imine (C=N–C) groups is 1. The number of hydrogen-bond acceptors (Lipinski definition) is 14. The number of methoxy groups -OCH3 is 3. The van der Waals surface area contributed by atoms with Crippen molar-refractivity contribution in [2.45, 2.75) is 43.5 Å². The number of hydrogen-bond donors (Lipinski definition) is 8. The second-order valence-electron chi connectivity index (χ2n) is 9.47. The highest BCUT2D eigenvalue weighted by molar-refractivity contribution is 5.95. The number of ether oxygens (including phenoxy) is 6. The molecule has 1 fully saturated rings. The van der Waals surface area contributed by atoms with Crippen molar-refractivity contribution in [2.75, 3.05) is 34.5 Å². The third-order valence-electron chi connectivity index (χ3n) is 6.62. The van der Waals surface area contributed by atoms with E-state index in [2.05, 4.69) is 4.99 Å². The van der Waals surface area contributed by atoms with E-state index in [0.717, 1.165) is 13.2 Å². The summed E-state index contributed by atoms with van der Waals surface area (Å²) in [4.78, 5) is 28.4. The van der Waals surface area contributed by atoms with Crippen molar-refractivity contribution in [2.24, 2.45) is 16.5 Å². The molecule has 0 aromatic heterocycles. The molecule has 0 amide bonds. The van der Waals surface area contributed by atoms with E-state index >= 15 is 0 Å². The molecule has 242 valence electrons. The van der Waals surface area contributed by atoms with Gasteiger partial charge in [-0.25, -0.2) is 9.59 Å². The van der Waals surface area contributed by atoms with Gasteiger partial charge in [0.15, 0.2) is 29.0 Å². The summed E-state index contributed by atoms with van der Waals surface area (Å²) in [6.45, 7) is -0.494. The summed E-state index contributed by atoms with van der Waals surface area (Å²) in [5.41, 5.74) is 10.4. The topological polar surface area (TPSA) is 275 Å². The monoisotopic (exact) mass is 625 g/mol. The van der Waals surface area contributed by atoms with E-state index in [1.54, 1.807) is 0 Å². The first-order chi connectivity index (χ1) is 20.8. The van der Waals surface area contributed by atoms with Crippen LogP contribution in [0.25, 0.3) is 0 Å². The Morgan fingerprint density at radius 2 is 1.59 bits per heavy atom. The Labute approximate surface area is 250 Å². The number of carboxylic acids is 1. The maximum absolute atomic E-state index is 12.8. The predicted octanol–water partition coefficient (Wildman–Crippen LogP) is -0.929. The Morgan fingerprint density at radius 3 is 2.18 bits per heavy atom. The largest absolute Gasteiger partial charge is 0.504 e. The van der Waals surface area contributed by atoms with Gasteiger partial charge in [0.2, 0.25) is 17.8 Å². The van der Waals surface area contributed by atoms with Crippen LogP contribution >= 0.6 is 0 Å². The number of esters is 1. The van der Waals surface area contributed by atoms with E-state index in [1.807, 2.05) is 0 Å². The first-order valence-corrected chi connectivity index (χ1v) is 13.0. The zero-order valence-electron chi connectivity index (χ0n) is 24.0. The van der Waals surface area contributed by atoms with E-state index < -0.39 is 72.1 Å². The molecule has 1 heterocycles. The van der Waals surface area contributed by atoms with Crippen LogP contribution in [0.3, 0.4) is 0 Å². The highest BCUT2D eigenvalue weighted by Gasteiger charge is 2.46. The van der Waals surface area contributed by atoms with Crippen LogP contribution in [-0.2, 0) is 15.9 Å². The van der Waals surface area contributed by atoms with Gasteiger partial charge in [-0.1, -0.05) is 0 Å². The van der Waals surface area contributed by atoms with Gasteiger partial charge in [-0.2, -0.15) is 0 Å². The maximum Gasteiger partial charge on any atom is 0.342 e. The molecule has 44 heavy (non-hydrogen) atoms. The Bertz CT molecular complexity index is 1380. The van der Waals surface area contributed by atoms with Gasteiger partial charge in [-0.05, 0) is 30.5 Å². The zero-order chi connectivity index (χ0) is 32.7. The summed E-state index contributed by atoms with van der Waals surface area (Å²) in [5.74, 6) is -4.54. The van der Waals surface area contributed by atoms with Crippen LogP contribution in [-0.4, -0.2) is 114 Å². The number of phenols is 2. The number of aromatic hydroxyl groups is 2. The summed E-state index contributed by atoms with van der Waals surface area (Å²) in [7, 11) is 3.61. The molecule has 5 atom stereocenters. The number of aliphatic hydroxyl groups is 3. The minimum atomic E-state index is -1.84. The van der Waals surface area contributed by atoms with Crippen LogP contribution in [0.1, 0.15) is 32.7 Å². The molecule has 1 aliphatic rings. The lowest BCUT2D eigenvalue weighted by Crippen LogP contribution is -2.60. The van der Waals surface area contributed by atoms with Crippen LogP contribution in [0.15, 0.2) is 23.2 Å². The molecule has 0 aliphatic carbocycles. The van der Waals surface area contributed by atoms with Crippen molar-refractivity contribution >= 4 is 17.9 Å². The number of phenolic OH excluding ortho intramolecular Hbond substituents is 2. The third-order valence-corrected chi connectivity index (χ3v) is 6.62. The molecule has 0 bridgehead atoms. The molecule has 0 saturated carbocycles. The molecule has 2 aromatic rings. The normalized spacial score (nSPS) is 21.2. The van der Waals surface area contributed by atoms with Crippen LogP contribution in [0.4, 0.5) is 0 Å². The second-order valence-corrected chi connectivity index (χ2v) is 9.47. The lowest BCUT2D eigenvalue weighted by molar-refractivity contribution is -0.277. The highest BCUT2D eigenvalue weighted by Crippen LogP contribution is 2.45. The van der Waals surface area contributed by atoms with Gasteiger partial charge < -0.3 is 70.5 Å². The Hall–Kier alpha value is -4.71. The summed E-state index contributed by atoms with van der Waals surface area (Å²) >= 11 is 0. The van der Waals surface area contributed by atoms with Crippen molar-refractivity contribution in [3.05, 3.63) is 34.9 Å². The molecule has 5 unspecified atom stereocenters. The Morgan fingerprint density at radius 1 is 0.909 bits per heavy atom. The van der Waals surface area contributed by atoms with Gasteiger partial charge in [-0.15, -0.1) is 0 Å². The van der Waals surface area contributed by atoms with Gasteiger partial charge in [0, 0.05) is 12.6 Å². The first-order valence-electron chi connectivity index (χ1n) is 13.0. The molecular weight excluding hydrogens is 590 g/mol. The minimum Gasteiger partial charge on any atom is -0.504 e. The lowest BCUT2D eigenvalue weighted by atomic mass is 9.99. The van der Waals surface area contributed by atoms with Gasteiger partial charge >= 0.3 is 11.9 Å². The third kappa shape index (κ3) is 7.43. The molecule has 1 aliphatic heterocycles. The van der Waals surface area contributed by atoms with Crippen molar-refractivity contribution in [1.29, 1.82) is 0 Å². The lowest BCUT2D eigenvalue weighted by Gasteiger charge is -2.40. The SMILES string of the molecule is COc1cc(C(=O)OCC2OC(Oc3c(CCCN=C(N)N)cc(C(=O)O)cc3OC)C(O)C(O)C2O)c(O)c(OC)c1O. The fraction of sp³-hybridized carbons (Fsp3) is 0.444. The molecule has 0 radical (unpaired) electrons. The van der Waals surface area contributed by atoms with Crippen molar-refractivity contribution in [3.8, 4) is 34.5 Å². The quantitative estimate of drug-likeness (QED) is 0.0578. The fourth-order valence-electron chi connectivity index (χ4n) is 4.35. The molecule has 17 heteroatoms. The minimum absolute atomic E-state index is 0.0289. The number of nitrogens with two attached hydrogens (primary N) is 2. The smallest absolute Gasteiger partial charge is 0.342 e. The van der Waals surface area contributed by atoms with Gasteiger partial charge in [-0.3, -0.25) is 4.99 Å². The highest BCUT2D eigenvalue weighted by atomic mass is 16.7. The van der Waals surface area contributed by atoms with Crippen molar-refractivity contribution in [1.82, 2.24) is 0 Å². The van der Waals surface area contributed by atoms with E-state index in [-0.39, 0.29) is 41.7 Å². The van der Waals surface area contributed by atoms with Crippen LogP contribution in [0.2, 0.25) is 0 Å². The number of carbonyl (C=O) groups is 2. The number of carbonyl (C=O) groups excluding carboxylic acids is 1. The van der Waals surface area contributed by atoms with Crippen LogP contribution < -0.4 is 30.4 Å². The summed E-state index contributed by atoms with van der Waals surface area (Å²) in [5, 5.41) is 61.8. The summed E-state index contributed by atoms with van der Waals surface area (Å²) in [6, 6.07) is 3.51.